The quantitative estimate of drug-likeness (QED) is 0.206. The van der Waals surface area contributed by atoms with E-state index in [1.165, 1.54) is 12.7 Å². The molecule has 0 heterocycles. The van der Waals surface area contributed by atoms with Crippen LogP contribution in [-0.4, -0.2) is 13.1 Å². The van der Waals surface area contributed by atoms with Crippen LogP contribution in [0.2, 0.25) is 0 Å². The van der Waals surface area contributed by atoms with Crippen LogP contribution in [0.1, 0.15) is 26.7 Å². The van der Waals surface area contributed by atoms with Crippen molar-refractivity contribution in [2.75, 3.05) is 7.11 Å². The van der Waals surface area contributed by atoms with Gasteiger partial charge >= 0.3 is 5.97 Å². The maximum Gasteiger partial charge on any atom is 0.384 e. The Balaban J connectivity index is 3.60. The first kappa shape index (κ1) is 10.8. The van der Waals surface area contributed by atoms with E-state index < -0.39 is 5.97 Å². The molecule has 0 aromatic rings. The lowest BCUT2D eigenvalue weighted by Crippen LogP contribution is -1.93. The molecule has 0 rings (SSSR count). The number of hydrogen-bond donors (Lipinski definition) is 0. The molecule has 0 bridgehead atoms. The maximum absolute atomic E-state index is 10.5. The number of rotatable bonds is 2. The van der Waals surface area contributed by atoms with Gasteiger partial charge in [-0.15, -0.1) is 0 Å². The average Bonchev–Trinajstić information content (AvgIpc) is 2.03. The maximum atomic E-state index is 10.5. The summed E-state index contributed by atoms with van der Waals surface area (Å²) in [6.45, 7) is 4.07. The second-order valence-corrected chi connectivity index (χ2v) is 2.61. The average molecular weight is 166 g/mol. The Bertz CT molecular complexity index is 224. The lowest BCUT2D eigenvalue weighted by Gasteiger charge is -1.87. The third-order valence-electron chi connectivity index (χ3n) is 1.20. The van der Waals surface area contributed by atoms with Crippen molar-refractivity contribution < 1.29 is 9.53 Å². The molecule has 0 aromatic carbocycles. The number of methoxy groups -OCH3 is 1. The minimum atomic E-state index is -0.466. The molecule has 2 nitrogen and oxygen atoms in total. The summed E-state index contributed by atoms with van der Waals surface area (Å²) < 4.78 is 4.35. The Labute approximate surface area is 73.6 Å². The minimum absolute atomic E-state index is 0.466. The zero-order chi connectivity index (χ0) is 9.40. The smallest absolute Gasteiger partial charge is 0.384 e. The number of carbonyl (C=O) groups is 1. The molecule has 0 N–H and O–H groups in total. The number of hydrogen-bond acceptors (Lipinski definition) is 2. The minimum Gasteiger partial charge on any atom is -0.459 e. The van der Waals surface area contributed by atoms with Gasteiger partial charge in [0.1, 0.15) is 0 Å². The molecule has 0 aliphatic heterocycles. The molecule has 0 fully saturated rings. The third kappa shape index (κ3) is 6.88. The van der Waals surface area contributed by atoms with E-state index in [0.29, 0.717) is 6.42 Å². The first-order valence-corrected chi connectivity index (χ1v) is 3.87. The lowest BCUT2D eigenvalue weighted by molar-refractivity contribution is -0.133. The number of esters is 1. The van der Waals surface area contributed by atoms with Crippen LogP contribution < -0.4 is 0 Å². The Morgan fingerprint density at radius 2 is 2.17 bits per heavy atom. The molecule has 0 amide bonds. The molecule has 0 aromatic heterocycles. The summed E-state index contributed by atoms with van der Waals surface area (Å²) in [5, 5.41) is 0. The first-order chi connectivity index (χ1) is 5.66. The van der Waals surface area contributed by atoms with Crippen molar-refractivity contribution in [3.63, 3.8) is 0 Å². The van der Waals surface area contributed by atoms with E-state index in [1.54, 1.807) is 0 Å². The zero-order valence-electron chi connectivity index (χ0n) is 7.81. The van der Waals surface area contributed by atoms with Crippen LogP contribution in [0, 0.1) is 11.8 Å². The largest absolute Gasteiger partial charge is 0.459 e. The third-order valence-corrected chi connectivity index (χ3v) is 1.20. The topological polar surface area (TPSA) is 26.3 Å². The van der Waals surface area contributed by atoms with Gasteiger partial charge in [0.2, 0.25) is 0 Å². The Morgan fingerprint density at radius 3 is 2.67 bits per heavy atom. The van der Waals surface area contributed by atoms with Crippen LogP contribution >= 0.6 is 0 Å². The highest BCUT2D eigenvalue weighted by Gasteiger charge is 1.87. The van der Waals surface area contributed by atoms with Crippen LogP contribution in [0.15, 0.2) is 11.6 Å². The molecule has 0 unspecified atom stereocenters. The summed E-state index contributed by atoms with van der Waals surface area (Å²) in [6.07, 6.45) is 3.69. The summed E-state index contributed by atoms with van der Waals surface area (Å²) >= 11 is 0. The molecule has 66 valence electrons. The van der Waals surface area contributed by atoms with Gasteiger partial charge in [0.15, 0.2) is 0 Å². The van der Waals surface area contributed by atoms with E-state index >= 15 is 0 Å². The zero-order valence-corrected chi connectivity index (χ0v) is 7.81. The van der Waals surface area contributed by atoms with Gasteiger partial charge in [-0.2, -0.15) is 0 Å². The fourth-order valence-electron chi connectivity index (χ4n) is 0.619. The highest BCUT2D eigenvalue weighted by molar-refractivity contribution is 5.88. The van der Waals surface area contributed by atoms with Crippen LogP contribution in [0.5, 0.6) is 0 Å². The SMILES string of the molecule is COC(=O)C#CCCC=C(C)C. The highest BCUT2D eigenvalue weighted by atomic mass is 16.5. The van der Waals surface area contributed by atoms with Gasteiger partial charge in [-0.25, -0.2) is 4.79 Å². The molecular weight excluding hydrogens is 152 g/mol. The summed E-state index contributed by atoms with van der Waals surface area (Å²) in [7, 11) is 1.33. The summed E-state index contributed by atoms with van der Waals surface area (Å²) in [4.78, 5) is 10.5. The molecule has 0 aliphatic carbocycles. The van der Waals surface area contributed by atoms with E-state index in [0.717, 1.165) is 6.42 Å². The predicted octanol–water partition coefficient (Wildman–Crippen LogP) is 1.91. The molecule has 0 aliphatic rings. The van der Waals surface area contributed by atoms with Crippen molar-refractivity contribution in [3.05, 3.63) is 11.6 Å². The van der Waals surface area contributed by atoms with E-state index in [2.05, 4.69) is 22.7 Å². The van der Waals surface area contributed by atoms with Crippen molar-refractivity contribution >= 4 is 5.97 Å². The number of ether oxygens (including phenoxy) is 1. The number of carbonyl (C=O) groups excluding carboxylic acids is 1. The Hall–Kier alpha value is -1.23. The van der Waals surface area contributed by atoms with Crippen molar-refractivity contribution in [3.8, 4) is 11.8 Å². The summed E-state index contributed by atoms with van der Waals surface area (Å²) in [5.74, 6) is 4.62. The van der Waals surface area contributed by atoms with E-state index in [4.69, 9.17) is 0 Å². The Morgan fingerprint density at radius 1 is 1.50 bits per heavy atom. The van der Waals surface area contributed by atoms with Crippen molar-refractivity contribution in [2.45, 2.75) is 26.7 Å². The normalized spacial score (nSPS) is 7.92. The second kappa shape index (κ2) is 6.48. The van der Waals surface area contributed by atoms with Gasteiger partial charge in [-0.05, 0) is 20.3 Å². The fraction of sp³-hybridized carbons (Fsp3) is 0.500. The molecule has 2 heteroatoms. The summed E-state index contributed by atoms with van der Waals surface area (Å²) in [6, 6.07) is 0. The van der Waals surface area contributed by atoms with Crippen molar-refractivity contribution in [2.24, 2.45) is 0 Å². The first-order valence-electron chi connectivity index (χ1n) is 3.87. The molecule has 0 radical (unpaired) electrons. The van der Waals surface area contributed by atoms with Gasteiger partial charge in [-0.3, -0.25) is 0 Å². The van der Waals surface area contributed by atoms with Crippen molar-refractivity contribution in [1.82, 2.24) is 0 Å². The summed E-state index contributed by atoms with van der Waals surface area (Å²) in [5.41, 5.74) is 1.27. The van der Waals surface area contributed by atoms with Crippen LogP contribution in [0.3, 0.4) is 0 Å². The molecule has 0 saturated heterocycles. The van der Waals surface area contributed by atoms with E-state index in [1.807, 2.05) is 13.8 Å². The van der Waals surface area contributed by atoms with Gasteiger partial charge in [0.25, 0.3) is 0 Å². The van der Waals surface area contributed by atoms with Crippen LogP contribution in [-0.2, 0) is 9.53 Å². The molecule has 0 atom stereocenters. The van der Waals surface area contributed by atoms with Gasteiger partial charge in [0, 0.05) is 12.3 Å². The van der Waals surface area contributed by atoms with Crippen molar-refractivity contribution in [1.29, 1.82) is 0 Å². The highest BCUT2D eigenvalue weighted by Crippen LogP contribution is 1.95. The van der Waals surface area contributed by atoms with Crippen LogP contribution in [0.25, 0.3) is 0 Å². The number of unbranched alkanes of at least 4 members (excludes halogenated alkanes) is 1. The van der Waals surface area contributed by atoms with Gasteiger partial charge < -0.3 is 4.74 Å². The van der Waals surface area contributed by atoms with E-state index in [-0.39, 0.29) is 0 Å². The monoisotopic (exact) mass is 166 g/mol. The molecule has 0 spiro atoms. The molecule has 0 saturated carbocycles. The second-order valence-electron chi connectivity index (χ2n) is 2.61. The van der Waals surface area contributed by atoms with Crippen LogP contribution in [0.4, 0.5) is 0 Å². The molecule has 12 heavy (non-hydrogen) atoms. The predicted molar refractivity (Wildman–Crippen MR) is 48.5 cm³/mol. The Kier molecular flexibility index (Phi) is 5.81. The lowest BCUT2D eigenvalue weighted by atomic mass is 10.2. The van der Waals surface area contributed by atoms with Gasteiger partial charge in [0.05, 0.1) is 7.11 Å². The van der Waals surface area contributed by atoms with E-state index in [9.17, 15) is 4.79 Å². The fourth-order valence-corrected chi connectivity index (χ4v) is 0.619. The van der Waals surface area contributed by atoms with Gasteiger partial charge in [-0.1, -0.05) is 17.6 Å². The molecular formula is C10H14O2. The number of allylic oxidation sites excluding steroid dienone is 2. The standard InChI is InChI=1S/C10H14O2/c1-9(2)7-5-4-6-8-10(11)12-3/h7H,4-5H2,1-3H3.